The molecule has 29 heavy (non-hydrogen) atoms. The highest BCUT2D eigenvalue weighted by atomic mass is 28.4. The van der Waals surface area contributed by atoms with E-state index in [1.54, 1.807) is 6.92 Å². The Morgan fingerprint density at radius 3 is 2.62 bits per heavy atom. The summed E-state index contributed by atoms with van der Waals surface area (Å²) in [5.41, 5.74) is -0.462. The summed E-state index contributed by atoms with van der Waals surface area (Å²) in [6, 6.07) is -0.282. The first-order valence-electron chi connectivity index (χ1n) is 10.4. The molecule has 1 saturated heterocycles. The summed E-state index contributed by atoms with van der Waals surface area (Å²) < 4.78 is 13.9. The number of unbranched alkanes of at least 4 members (excludes halogenated alkanes) is 1. The number of hydrogen-bond acceptors (Lipinski definition) is 6. The quantitative estimate of drug-likeness (QED) is 0.489. The van der Waals surface area contributed by atoms with E-state index in [2.05, 4.69) is 45.8 Å². The average Bonchev–Trinajstić information content (AvgIpc) is 3.04. The minimum Gasteiger partial charge on any atom is -0.414 e. The molecule has 166 valence electrons. The zero-order valence-electron chi connectivity index (χ0n) is 18.8. The number of aryl methyl sites for hydroxylation is 1. The van der Waals surface area contributed by atoms with Gasteiger partial charge in [-0.15, -0.1) is 0 Å². The maximum atomic E-state index is 12.3. The Morgan fingerprint density at radius 2 is 2.03 bits per heavy atom. The minimum absolute atomic E-state index is 0.0641. The highest BCUT2D eigenvalue weighted by Gasteiger charge is 2.43. The van der Waals surface area contributed by atoms with Crippen molar-refractivity contribution in [2.75, 3.05) is 13.2 Å². The van der Waals surface area contributed by atoms with E-state index in [1.807, 2.05) is 0 Å². The molecule has 0 aromatic carbocycles. The molecule has 0 spiro atoms. The molecule has 2 N–H and O–H groups in total. The van der Waals surface area contributed by atoms with Crippen LogP contribution in [0, 0.1) is 6.92 Å². The van der Waals surface area contributed by atoms with Crippen molar-refractivity contribution < 1.29 is 14.4 Å². The van der Waals surface area contributed by atoms with Crippen molar-refractivity contribution in [2.45, 2.75) is 90.4 Å². The number of hydrogen-bond donors (Lipinski definition) is 2. The van der Waals surface area contributed by atoms with Crippen LogP contribution in [0.25, 0.3) is 0 Å². The molecule has 3 unspecified atom stereocenters. The number of nitrogens with zero attached hydrogens (tertiary/aromatic N) is 2. The van der Waals surface area contributed by atoms with Gasteiger partial charge in [0.2, 0.25) is 0 Å². The minimum atomic E-state index is -1.99. The van der Waals surface area contributed by atoms with Gasteiger partial charge in [0, 0.05) is 24.7 Å². The summed E-state index contributed by atoms with van der Waals surface area (Å²) >= 11 is 0. The third-order valence-corrected chi connectivity index (χ3v) is 10.7. The van der Waals surface area contributed by atoms with E-state index >= 15 is 0 Å². The van der Waals surface area contributed by atoms with Crippen molar-refractivity contribution in [2.24, 2.45) is 0 Å². The lowest BCUT2D eigenvalue weighted by atomic mass is 10.1. The van der Waals surface area contributed by atoms with Gasteiger partial charge in [0.05, 0.1) is 12.6 Å². The van der Waals surface area contributed by atoms with Crippen LogP contribution in [0.15, 0.2) is 15.8 Å². The number of aromatic amines is 1. The Morgan fingerprint density at radius 1 is 1.38 bits per heavy atom. The highest BCUT2D eigenvalue weighted by molar-refractivity contribution is 6.74. The highest BCUT2D eigenvalue weighted by Crippen LogP contribution is 2.38. The zero-order valence-corrected chi connectivity index (χ0v) is 19.8. The molecule has 1 aromatic heterocycles. The number of nitrogens with one attached hydrogen (secondary N) is 1. The molecule has 9 heteroatoms. The number of H-pyrrole nitrogens is 1. The first-order valence-corrected chi connectivity index (χ1v) is 13.3. The van der Waals surface area contributed by atoms with E-state index in [0.717, 1.165) is 12.8 Å². The molecule has 1 aromatic rings. The van der Waals surface area contributed by atoms with Crippen LogP contribution in [-0.2, 0) is 9.16 Å². The van der Waals surface area contributed by atoms with Crippen molar-refractivity contribution in [3.8, 4) is 0 Å². The Balaban J connectivity index is 2.24. The van der Waals surface area contributed by atoms with Crippen molar-refractivity contribution in [1.82, 2.24) is 14.6 Å². The fourth-order valence-electron chi connectivity index (χ4n) is 3.14. The van der Waals surface area contributed by atoms with E-state index in [0.29, 0.717) is 25.1 Å². The normalized spacial score (nSPS) is 23.1. The Hall–Kier alpha value is -1.26. The van der Waals surface area contributed by atoms with Crippen LogP contribution < -0.4 is 11.2 Å². The second-order valence-corrected chi connectivity index (χ2v) is 14.3. The lowest BCUT2D eigenvalue weighted by Gasteiger charge is -2.37. The fourth-order valence-corrected chi connectivity index (χ4v) is 4.16. The van der Waals surface area contributed by atoms with Crippen LogP contribution in [0.3, 0.4) is 0 Å². The number of aromatic nitrogens is 2. The first kappa shape index (κ1) is 24.0. The monoisotopic (exact) mass is 427 g/mol. The van der Waals surface area contributed by atoms with Gasteiger partial charge in [0.15, 0.2) is 8.32 Å². The first-order chi connectivity index (χ1) is 13.4. The van der Waals surface area contributed by atoms with Gasteiger partial charge in [-0.2, -0.15) is 5.06 Å². The lowest BCUT2D eigenvalue weighted by Crippen LogP contribution is -2.46. The predicted molar refractivity (Wildman–Crippen MR) is 115 cm³/mol. The molecular formula is C20H37N3O5Si. The molecule has 0 radical (unpaired) electrons. The molecule has 3 atom stereocenters. The van der Waals surface area contributed by atoms with E-state index in [4.69, 9.17) is 9.16 Å². The third kappa shape index (κ3) is 5.67. The van der Waals surface area contributed by atoms with E-state index in [1.165, 1.54) is 15.8 Å². The second kappa shape index (κ2) is 9.26. The Labute approximate surface area is 173 Å². The standard InChI is InChI=1S/C20H37N3O5Si/c1-8-9-10-23(26)15-11-17(22-12-14(2)18(24)21-19(22)25)28-16(15)13-27-29(6,7)20(3,4)5/h12,15-17,26H,8-11,13H2,1-7H3,(H,21,24,25). The molecule has 0 saturated carbocycles. The summed E-state index contributed by atoms with van der Waals surface area (Å²) in [7, 11) is -1.99. The molecule has 1 aliphatic rings. The van der Waals surface area contributed by atoms with Gasteiger partial charge in [-0.1, -0.05) is 34.1 Å². The topological polar surface area (TPSA) is 96.8 Å². The lowest BCUT2D eigenvalue weighted by molar-refractivity contribution is -0.147. The zero-order chi connectivity index (χ0) is 22.0. The van der Waals surface area contributed by atoms with Gasteiger partial charge in [0.1, 0.15) is 12.3 Å². The van der Waals surface area contributed by atoms with Crippen LogP contribution in [0.4, 0.5) is 0 Å². The van der Waals surface area contributed by atoms with Gasteiger partial charge in [-0.25, -0.2) is 4.79 Å². The number of rotatable bonds is 8. The van der Waals surface area contributed by atoms with Crippen LogP contribution >= 0.6 is 0 Å². The summed E-state index contributed by atoms with van der Waals surface area (Å²) in [5.74, 6) is 0. The third-order valence-electron chi connectivity index (χ3n) is 6.20. The van der Waals surface area contributed by atoms with Crippen molar-refractivity contribution in [3.05, 3.63) is 32.6 Å². The van der Waals surface area contributed by atoms with Gasteiger partial charge in [-0.3, -0.25) is 14.3 Å². The SMILES string of the molecule is CCCCN(O)C1CC(n2cc(C)c(=O)[nH]c2=O)OC1CO[Si](C)(C)C(C)(C)C. The van der Waals surface area contributed by atoms with Crippen LogP contribution in [0.1, 0.15) is 58.7 Å². The van der Waals surface area contributed by atoms with E-state index in [-0.39, 0.29) is 17.2 Å². The van der Waals surface area contributed by atoms with Gasteiger partial charge >= 0.3 is 5.69 Å². The molecule has 2 heterocycles. The molecular weight excluding hydrogens is 390 g/mol. The molecule has 0 bridgehead atoms. The average molecular weight is 428 g/mol. The van der Waals surface area contributed by atoms with Gasteiger partial charge in [0.25, 0.3) is 5.56 Å². The molecule has 0 amide bonds. The van der Waals surface area contributed by atoms with Crippen LogP contribution in [0.2, 0.25) is 18.1 Å². The van der Waals surface area contributed by atoms with Crippen molar-refractivity contribution in [1.29, 1.82) is 0 Å². The van der Waals surface area contributed by atoms with Crippen molar-refractivity contribution in [3.63, 3.8) is 0 Å². The summed E-state index contributed by atoms with van der Waals surface area (Å²) in [5, 5.41) is 12.0. The molecule has 1 fully saturated rings. The van der Waals surface area contributed by atoms with Crippen LogP contribution in [-0.4, -0.2) is 53.4 Å². The van der Waals surface area contributed by atoms with E-state index in [9.17, 15) is 14.8 Å². The maximum Gasteiger partial charge on any atom is 0.330 e. The largest absolute Gasteiger partial charge is 0.414 e. The number of hydroxylamine groups is 2. The smallest absolute Gasteiger partial charge is 0.330 e. The van der Waals surface area contributed by atoms with Crippen molar-refractivity contribution >= 4 is 8.32 Å². The summed E-state index contributed by atoms with van der Waals surface area (Å²) in [6.07, 6.45) is 2.87. The molecule has 2 rings (SSSR count). The summed E-state index contributed by atoms with van der Waals surface area (Å²) in [6.45, 7) is 15.5. The Kier molecular flexibility index (Phi) is 7.67. The second-order valence-electron chi connectivity index (χ2n) is 9.50. The van der Waals surface area contributed by atoms with Crippen LogP contribution in [0.5, 0.6) is 0 Å². The fraction of sp³-hybridized carbons (Fsp3) is 0.800. The maximum absolute atomic E-state index is 12.3. The predicted octanol–water partition coefficient (Wildman–Crippen LogP) is 3.01. The Bertz CT molecular complexity index is 799. The van der Waals surface area contributed by atoms with E-state index < -0.39 is 25.8 Å². The molecule has 8 nitrogen and oxygen atoms in total. The number of ether oxygens (including phenoxy) is 1. The molecule has 0 aliphatic carbocycles. The van der Waals surface area contributed by atoms with Gasteiger partial charge in [-0.05, 0) is 31.5 Å². The van der Waals surface area contributed by atoms with Gasteiger partial charge < -0.3 is 14.4 Å². The molecule has 1 aliphatic heterocycles. The summed E-state index contributed by atoms with van der Waals surface area (Å²) in [4.78, 5) is 26.3.